The molecular formula is C23H32IN3O4S. The Kier molecular flexibility index (Phi) is 8.81. The van der Waals surface area contributed by atoms with E-state index in [4.69, 9.17) is 9.47 Å². The Morgan fingerprint density at radius 2 is 1.75 bits per heavy atom. The Hall–Kier alpha value is -2.01. The van der Waals surface area contributed by atoms with Gasteiger partial charge >= 0.3 is 0 Å². The maximum atomic E-state index is 11.8. The van der Waals surface area contributed by atoms with Gasteiger partial charge in [0.05, 0.1) is 4.90 Å². The van der Waals surface area contributed by atoms with E-state index < -0.39 is 9.84 Å². The minimum atomic E-state index is -3.22. The van der Waals surface area contributed by atoms with E-state index in [0.717, 1.165) is 28.2 Å². The normalized spacial score (nSPS) is 13.8. The minimum absolute atomic E-state index is 0. The number of nitrogens with one attached hydrogen (secondary N) is 2. The molecule has 0 unspecified atom stereocenters. The number of fused-ring (bicyclic) bond motifs is 1. The molecule has 32 heavy (non-hydrogen) atoms. The molecule has 2 aromatic carbocycles. The van der Waals surface area contributed by atoms with Crippen molar-refractivity contribution in [1.29, 1.82) is 0 Å². The summed E-state index contributed by atoms with van der Waals surface area (Å²) in [5, 5.41) is 6.67. The van der Waals surface area contributed by atoms with Gasteiger partial charge in [-0.15, -0.1) is 24.0 Å². The molecular weight excluding hydrogens is 541 g/mol. The zero-order valence-electron chi connectivity index (χ0n) is 19.2. The third-order valence-electron chi connectivity index (χ3n) is 5.34. The molecule has 1 aliphatic rings. The van der Waals surface area contributed by atoms with Crippen LogP contribution in [0, 0.1) is 6.92 Å². The molecule has 1 aliphatic heterocycles. The summed E-state index contributed by atoms with van der Waals surface area (Å²) >= 11 is 0. The minimum Gasteiger partial charge on any atom is -0.486 e. The Morgan fingerprint density at radius 3 is 2.38 bits per heavy atom. The summed E-state index contributed by atoms with van der Waals surface area (Å²) < 4.78 is 34.9. The van der Waals surface area contributed by atoms with Crippen molar-refractivity contribution in [3.05, 3.63) is 53.1 Å². The number of halogens is 1. The predicted octanol–water partition coefficient (Wildman–Crippen LogP) is 3.43. The molecule has 1 heterocycles. The molecule has 176 valence electrons. The molecule has 0 spiro atoms. The van der Waals surface area contributed by atoms with Crippen LogP contribution in [0.3, 0.4) is 0 Å². The largest absolute Gasteiger partial charge is 0.486 e. The Bertz CT molecular complexity index is 1080. The fraction of sp³-hybridized carbons (Fsp3) is 0.435. The van der Waals surface area contributed by atoms with Crippen molar-refractivity contribution in [2.45, 2.75) is 37.6 Å². The number of benzene rings is 2. The molecule has 7 nitrogen and oxygen atoms in total. The molecule has 0 bridgehead atoms. The molecule has 2 aromatic rings. The first-order valence-electron chi connectivity index (χ1n) is 10.2. The standard InChI is InChI=1S/C23H31N3O4S.HI/c1-16-12-17(6-9-21(16)31(5,27)28)14-25-22(24-4)26-15-23(2,3)18-7-8-19-20(13-18)30-11-10-29-19;/h6-9,12-13H,10-11,14-15H2,1-5H3,(H2,24,25,26);1H. The molecule has 0 aromatic heterocycles. The van der Waals surface area contributed by atoms with Crippen LogP contribution >= 0.6 is 24.0 Å². The van der Waals surface area contributed by atoms with Gasteiger partial charge in [-0.25, -0.2) is 8.42 Å². The number of guanidine groups is 1. The van der Waals surface area contributed by atoms with E-state index >= 15 is 0 Å². The van der Waals surface area contributed by atoms with Crippen LogP contribution in [0.25, 0.3) is 0 Å². The van der Waals surface area contributed by atoms with E-state index in [0.29, 0.717) is 37.2 Å². The van der Waals surface area contributed by atoms with Gasteiger partial charge in [0.25, 0.3) is 0 Å². The van der Waals surface area contributed by atoms with Crippen LogP contribution in [0.4, 0.5) is 0 Å². The number of aryl methyl sites for hydroxylation is 1. The molecule has 2 N–H and O–H groups in total. The molecule has 0 atom stereocenters. The van der Waals surface area contributed by atoms with Crippen LogP contribution in [0.2, 0.25) is 0 Å². The molecule has 0 aliphatic carbocycles. The predicted molar refractivity (Wildman–Crippen MR) is 138 cm³/mol. The van der Waals surface area contributed by atoms with E-state index in [1.807, 2.05) is 31.2 Å². The molecule has 0 saturated carbocycles. The summed E-state index contributed by atoms with van der Waals surface area (Å²) in [6.07, 6.45) is 1.22. The van der Waals surface area contributed by atoms with Gasteiger partial charge in [0.2, 0.25) is 0 Å². The number of ether oxygens (including phenoxy) is 2. The first-order chi connectivity index (χ1) is 14.6. The lowest BCUT2D eigenvalue weighted by atomic mass is 9.84. The molecule has 0 saturated heterocycles. The van der Waals surface area contributed by atoms with Gasteiger partial charge in [0, 0.05) is 31.8 Å². The van der Waals surface area contributed by atoms with Crippen LogP contribution in [-0.4, -0.2) is 47.4 Å². The van der Waals surface area contributed by atoms with Crippen molar-refractivity contribution in [1.82, 2.24) is 10.6 Å². The van der Waals surface area contributed by atoms with E-state index in [-0.39, 0.29) is 29.4 Å². The smallest absolute Gasteiger partial charge is 0.191 e. The van der Waals surface area contributed by atoms with E-state index in [1.54, 1.807) is 13.1 Å². The number of nitrogens with zero attached hydrogens (tertiary/aromatic N) is 1. The Labute approximate surface area is 207 Å². The fourth-order valence-electron chi connectivity index (χ4n) is 3.51. The van der Waals surface area contributed by atoms with Crippen LogP contribution in [0.15, 0.2) is 46.3 Å². The summed E-state index contributed by atoms with van der Waals surface area (Å²) in [4.78, 5) is 4.66. The average molecular weight is 573 g/mol. The summed E-state index contributed by atoms with van der Waals surface area (Å²) in [7, 11) is -1.49. The van der Waals surface area contributed by atoms with Crippen LogP contribution in [0.5, 0.6) is 11.5 Å². The van der Waals surface area contributed by atoms with Crippen molar-refractivity contribution in [3.63, 3.8) is 0 Å². The summed E-state index contributed by atoms with van der Waals surface area (Å²) in [6.45, 7) is 8.47. The topological polar surface area (TPSA) is 89.0 Å². The highest BCUT2D eigenvalue weighted by Gasteiger charge is 2.24. The number of hydrogen-bond donors (Lipinski definition) is 2. The van der Waals surface area contributed by atoms with Gasteiger partial charge in [-0.3, -0.25) is 4.99 Å². The lowest BCUT2D eigenvalue weighted by Crippen LogP contribution is -2.43. The van der Waals surface area contributed by atoms with Gasteiger partial charge in [0.15, 0.2) is 27.3 Å². The second kappa shape index (κ2) is 10.7. The van der Waals surface area contributed by atoms with E-state index in [9.17, 15) is 8.42 Å². The van der Waals surface area contributed by atoms with Crippen LogP contribution < -0.4 is 20.1 Å². The maximum absolute atomic E-state index is 11.8. The molecule has 9 heteroatoms. The Morgan fingerprint density at radius 1 is 1.06 bits per heavy atom. The van der Waals surface area contributed by atoms with Crippen LogP contribution in [0.1, 0.15) is 30.5 Å². The number of rotatable bonds is 6. The van der Waals surface area contributed by atoms with Gasteiger partial charge in [0.1, 0.15) is 13.2 Å². The third-order valence-corrected chi connectivity index (χ3v) is 6.60. The molecule has 0 radical (unpaired) electrons. The van der Waals surface area contributed by atoms with Gasteiger partial charge in [-0.05, 0) is 41.8 Å². The number of hydrogen-bond acceptors (Lipinski definition) is 5. The highest BCUT2D eigenvalue weighted by molar-refractivity contribution is 14.0. The SMILES string of the molecule is CN=C(NCc1ccc(S(C)(=O)=O)c(C)c1)NCC(C)(C)c1ccc2c(c1)OCCO2.I. The summed E-state index contributed by atoms with van der Waals surface area (Å²) in [6, 6.07) is 11.4. The van der Waals surface area contributed by atoms with Crippen molar-refractivity contribution in [2.24, 2.45) is 4.99 Å². The fourth-order valence-corrected chi connectivity index (χ4v) is 4.47. The van der Waals surface area contributed by atoms with Crippen molar-refractivity contribution in [3.8, 4) is 11.5 Å². The molecule has 0 amide bonds. The Balaban J connectivity index is 0.00000363. The van der Waals surface area contributed by atoms with Gasteiger partial charge in [-0.2, -0.15) is 0 Å². The number of sulfone groups is 1. The highest BCUT2D eigenvalue weighted by atomic mass is 127. The van der Waals surface area contributed by atoms with Crippen molar-refractivity contribution in [2.75, 3.05) is 33.1 Å². The van der Waals surface area contributed by atoms with Gasteiger partial charge < -0.3 is 20.1 Å². The number of aliphatic imine (C=N–C) groups is 1. The molecule has 0 fully saturated rings. The quantitative estimate of drug-likeness (QED) is 0.313. The highest BCUT2D eigenvalue weighted by Crippen LogP contribution is 2.34. The van der Waals surface area contributed by atoms with E-state index in [1.165, 1.54) is 6.26 Å². The maximum Gasteiger partial charge on any atom is 0.191 e. The second-order valence-corrected chi connectivity index (χ2v) is 10.4. The summed E-state index contributed by atoms with van der Waals surface area (Å²) in [5.74, 6) is 2.25. The van der Waals surface area contributed by atoms with E-state index in [2.05, 4.69) is 35.5 Å². The lowest BCUT2D eigenvalue weighted by molar-refractivity contribution is 0.171. The first-order valence-corrected chi connectivity index (χ1v) is 12.1. The zero-order chi connectivity index (χ0) is 22.6. The second-order valence-electron chi connectivity index (χ2n) is 8.39. The third kappa shape index (κ3) is 6.50. The first kappa shape index (κ1) is 26.2. The monoisotopic (exact) mass is 573 g/mol. The van der Waals surface area contributed by atoms with Gasteiger partial charge in [-0.1, -0.05) is 32.0 Å². The lowest BCUT2D eigenvalue weighted by Gasteiger charge is -2.28. The van der Waals surface area contributed by atoms with Crippen LogP contribution in [-0.2, 0) is 21.8 Å². The zero-order valence-corrected chi connectivity index (χ0v) is 22.3. The summed E-state index contributed by atoms with van der Waals surface area (Å²) in [5.41, 5.74) is 2.70. The van der Waals surface area contributed by atoms with Crippen molar-refractivity contribution >= 4 is 39.8 Å². The average Bonchev–Trinajstić information content (AvgIpc) is 2.72. The van der Waals surface area contributed by atoms with Crippen molar-refractivity contribution < 1.29 is 17.9 Å². The molecule has 3 rings (SSSR count).